The average molecular weight is 278 g/mol. The van der Waals surface area contributed by atoms with E-state index in [1.54, 1.807) is 0 Å². The lowest BCUT2D eigenvalue weighted by molar-refractivity contribution is -0.140. The number of ether oxygens (including phenoxy) is 1. The Morgan fingerprint density at radius 3 is 2.10 bits per heavy atom. The maximum Gasteiger partial charge on any atom is 0.0829 e. The van der Waals surface area contributed by atoms with Crippen LogP contribution in [-0.4, -0.2) is 24.4 Å². The van der Waals surface area contributed by atoms with Crippen molar-refractivity contribution in [2.24, 2.45) is 29.1 Å². The second kappa shape index (κ2) is 5.28. The topological polar surface area (TPSA) is 29.5 Å². The molecule has 0 aromatic heterocycles. The summed E-state index contributed by atoms with van der Waals surface area (Å²) in [6.45, 7) is 1.47. The number of hydrogen-bond donors (Lipinski definition) is 1. The minimum absolute atomic E-state index is 0.197. The van der Waals surface area contributed by atoms with E-state index in [4.69, 9.17) is 4.74 Å². The molecule has 0 radical (unpaired) electrons. The van der Waals surface area contributed by atoms with Crippen molar-refractivity contribution in [1.82, 2.24) is 0 Å². The van der Waals surface area contributed by atoms with Crippen molar-refractivity contribution >= 4 is 0 Å². The second-order valence-corrected chi connectivity index (χ2v) is 8.46. The summed E-state index contributed by atoms with van der Waals surface area (Å²) >= 11 is 0. The molecule has 5 aliphatic rings. The lowest BCUT2D eigenvalue weighted by Gasteiger charge is -2.58. The zero-order valence-electron chi connectivity index (χ0n) is 12.7. The summed E-state index contributed by atoms with van der Waals surface area (Å²) in [6.07, 6.45) is 13.5. The molecule has 5 saturated carbocycles. The highest BCUT2D eigenvalue weighted by Gasteiger charge is 2.53. The van der Waals surface area contributed by atoms with Crippen LogP contribution in [0.3, 0.4) is 0 Å². The van der Waals surface area contributed by atoms with Gasteiger partial charge in [0.25, 0.3) is 0 Å². The van der Waals surface area contributed by atoms with Gasteiger partial charge in [-0.05, 0) is 74.0 Å². The first-order chi connectivity index (χ1) is 9.73. The fourth-order valence-corrected chi connectivity index (χ4v) is 5.99. The van der Waals surface area contributed by atoms with Crippen LogP contribution in [0, 0.1) is 29.1 Å². The minimum Gasteiger partial charge on any atom is -0.390 e. The van der Waals surface area contributed by atoms with Gasteiger partial charge in [0.15, 0.2) is 0 Å². The molecule has 1 atom stereocenters. The molecule has 20 heavy (non-hydrogen) atoms. The third-order valence-electron chi connectivity index (χ3n) is 6.96. The van der Waals surface area contributed by atoms with Crippen molar-refractivity contribution < 1.29 is 9.84 Å². The maximum absolute atomic E-state index is 10.7. The van der Waals surface area contributed by atoms with Crippen LogP contribution < -0.4 is 0 Å². The summed E-state index contributed by atoms with van der Waals surface area (Å²) in [6, 6.07) is 0. The molecule has 0 aromatic carbocycles. The molecule has 1 N–H and O–H groups in total. The van der Waals surface area contributed by atoms with Crippen molar-refractivity contribution in [1.29, 1.82) is 0 Å². The van der Waals surface area contributed by atoms with Crippen LogP contribution in [0.25, 0.3) is 0 Å². The summed E-state index contributed by atoms with van der Waals surface area (Å²) < 4.78 is 5.84. The molecule has 2 heteroatoms. The lowest BCUT2D eigenvalue weighted by Crippen LogP contribution is -2.52. The van der Waals surface area contributed by atoms with E-state index < -0.39 is 0 Å². The first-order valence-electron chi connectivity index (χ1n) is 8.99. The van der Waals surface area contributed by atoms with Gasteiger partial charge < -0.3 is 9.84 Å². The van der Waals surface area contributed by atoms with Crippen LogP contribution in [0.15, 0.2) is 0 Å². The molecule has 114 valence electrons. The van der Waals surface area contributed by atoms with Crippen LogP contribution in [0.5, 0.6) is 0 Å². The van der Waals surface area contributed by atoms with Gasteiger partial charge in [-0.25, -0.2) is 0 Å². The van der Waals surface area contributed by atoms with E-state index in [0.29, 0.717) is 6.61 Å². The molecule has 4 bridgehead atoms. The van der Waals surface area contributed by atoms with Gasteiger partial charge in [-0.3, -0.25) is 0 Å². The van der Waals surface area contributed by atoms with Gasteiger partial charge in [0, 0.05) is 6.61 Å². The fraction of sp³-hybridized carbons (Fsp3) is 1.00. The largest absolute Gasteiger partial charge is 0.390 e. The highest BCUT2D eigenvalue weighted by atomic mass is 16.5. The maximum atomic E-state index is 10.7. The van der Waals surface area contributed by atoms with E-state index in [1.165, 1.54) is 64.2 Å². The van der Waals surface area contributed by atoms with Crippen LogP contribution in [0.4, 0.5) is 0 Å². The van der Waals surface area contributed by atoms with Crippen LogP contribution >= 0.6 is 0 Å². The van der Waals surface area contributed by atoms with Gasteiger partial charge in [0.05, 0.1) is 12.7 Å². The van der Waals surface area contributed by atoms with Crippen molar-refractivity contribution in [2.75, 3.05) is 13.2 Å². The molecule has 1 unspecified atom stereocenters. The van der Waals surface area contributed by atoms with E-state index >= 15 is 0 Å². The third kappa shape index (κ3) is 2.43. The normalized spacial score (nSPS) is 44.5. The van der Waals surface area contributed by atoms with Gasteiger partial charge in [0.1, 0.15) is 0 Å². The van der Waals surface area contributed by atoms with Crippen LogP contribution in [0.1, 0.15) is 64.2 Å². The number of rotatable bonds is 6. The SMILES string of the molecule is OC(COCCC1CCC1)C12CC3CC(CC(C3)C1)C2. The Balaban J connectivity index is 1.28. The molecule has 2 nitrogen and oxygen atoms in total. The first-order valence-corrected chi connectivity index (χ1v) is 8.99. The van der Waals surface area contributed by atoms with Crippen molar-refractivity contribution in [3.05, 3.63) is 0 Å². The number of hydrogen-bond acceptors (Lipinski definition) is 2. The Hall–Kier alpha value is -0.0800. The van der Waals surface area contributed by atoms with Crippen LogP contribution in [-0.2, 0) is 4.74 Å². The Morgan fingerprint density at radius 1 is 1.00 bits per heavy atom. The zero-order valence-corrected chi connectivity index (χ0v) is 12.7. The molecule has 0 aliphatic heterocycles. The van der Waals surface area contributed by atoms with Crippen molar-refractivity contribution in [2.45, 2.75) is 70.3 Å². The summed E-state index contributed by atoms with van der Waals surface area (Å²) in [5.74, 6) is 3.69. The molecule has 5 aliphatic carbocycles. The van der Waals surface area contributed by atoms with E-state index in [1.807, 2.05) is 0 Å². The van der Waals surface area contributed by atoms with Gasteiger partial charge in [-0.2, -0.15) is 0 Å². The van der Waals surface area contributed by atoms with Gasteiger partial charge in [0.2, 0.25) is 0 Å². The van der Waals surface area contributed by atoms with Gasteiger partial charge in [-0.1, -0.05) is 19.3 Å². The van der Waals surface area contributed by atoms with E-state index in [-0.39, 0.29) is 11.5 Å². The lowest BCUT2D eigenvalue weighted by atomic mass is 9.48. The first kappa shape index (κ1) is 13.6. The molecule has 0 aromatic rings. The molecule has 0 heterocycles. The smallest absolute Gasteiger partial charge is 0.0829 e. The Kier molecular flexibility index (Phi) is 3.58. The Morgan fingerprint density at radius 2 is 1.60 bits per heavy atom. The van der Waals surface area contributed by atoms with E-state index in [9.17, 15) is 5.11 Å². The predicted octanol–water partition coefficient (Wildman–Crippen LogP) is 3.77. The Bertz CT molecular complexity index is 312. The van der Waals surface area contributed by atoms with E-state index in [0.717, 1.165) is 30.3 Å². The molecule has 5 rings (SSSR count). The minimum atomic E-state index is -0.197. The fourth-order valence-electron chi connectivity index (χ4n) is 5.99. The number of aliphatic hydroxyl groups is 1. The predicted molar refractivity (Wildman–Crippen MR) is 79.4 cm³/mol. The summed E-state index contributed by atoms with van der Waals surface area (Å²) in [7, 11) is 0. The molecular formula is C18H30O2. The summed E-state index contributed by atoms with van der Waals surface area (Å²) in [4.78, 5) is 0. The molecule has 0 saturated heterocycles. The molecule has 5 fully saturated rings. The van der Waals surface area contributed by atoms with E-state index in [2.05, 4.69) is 0 Å². The molecular weight excluding hydrogens is 248 g/mol. The molecule has 0 spiro atoms. The highest BCUT2D eigenvalue weighted by Crippen LogP contribution is 2.61. The van der Waals surface area contributed by atoms with Crippen molar-refractivity contribution in [3.8, 4) is 0 Å². The molecule has 0 amide bonds. The zero-order chi connectivity index (χ0) is 13.6. The summed E-state index contributed by atoms with van der Waals surface area (Å²) in [5, 5.41) is 10.7. The number of aliphatic hydroxyl groups excluding tert-OH is 1. The van der Waals surface area contributed by atoms with Crippen LogP contribution in [0.2, 0.25) is 0 Å². The Labute approximate surface area is 123 Å². The van der Waals surface area contributed by atoms with Gasteiger partial charge in [-0.15, -0.1) is 0 Å². The average Bonchev–Trinajstić information content (AvgIpc) is 2.34. The highest BCUT2D eigenvalue weighted by molar-refractivity contribution is 5.04. The monoisotopic (exact) mass is 278 g/mol. The van der Waals surface area contributed by atoms with Crippen molar-refractivity contribution in [3.63, 3.8) is 0 Å². The van der Waals surface area contributed by atoms with Gasteiger partial charge >= 0.3 is 0 Å². The summed E-state index contributed by atoms with van der Waals surface area (Å²) in [5.41, 5.74) is 0.241. The third-order valence-corrected chi connectivity index (χ3v) is 6.96. The second-order valence-electron chi connectivity index (χ2n) is 8.46. The standard InChI is InChI=1S/C18H30O2/c19-17(12-20-5-4-13-2-1-3-13)18-9-14-6-15(10-18)8-16(7-14)11-18/h13-17,19H,1-12H2. The quantitative estimate of drug-likeness (QED) is 0.749.